The first-order valence-corrected chi connectivity index (χ1v) is 9.91. The van der Waals surface area contributed by atoms with Gasteiger partial charge < -0.3 is 10.6 Å². The van der Waals surface area contributed by atoms with E-state index in [1.165, 1.54) is 5.56 Å². The lowest BCUT2D eigenvalue weighted by Crippen LogP contribution is -2.45. The average molecular weight is 386 g/mol. The normalized spacial score (nSPS) is 11.5. The second-order valence-corrected chi connectivity index (χ2v) is 6.97. The van der Waals surface area contributed by atoms with E-state index in [1.807, 2.05) is 72.8 Å². The Labute approximate surface area is 172 Å². The number of anilines is 1. The third-order valence-electron chi connectivity index (χ3n) is 4.77. The molecule has 2 amide bonds. The summed E-state index contributed by atoms with van der Waals surface area (Å²) < 4.78 is 0. The van der Waals surface area contributed by atoms with Crippen LogP contribution in [0.5, 0.6) is 0 Å². The molecule has 4 nitrogen and oxygen atoms in total. The maximum absolute atomic E-state index is 13.0. The first kappa shape index (κ1) is 20.3. The van der Waals surface area contributed by atoms with Gasteiger partial charge in [0, 0.05) is 18.5 Å². The van der Waals surface area contributed by atoms with Crippen LogP contribution in [0.4, 0.5) is 5.69 Å². The van der Waals surface area contributed by atoms with Crippen molar-refractivity contribution < 1.29 is 9.59 Å². The highest BCUT2D eigenvalue weighted by Crippen LogP contribution is 2.20. The van der Waals surface area contributed by atoms with Gasteiger partial charge in [0.25, 0.3) is 0 Å². The van der Waals surface area contributed by atoms with Crippen LogP contribution in [0.1, 0.15) is 30.0 Å². The minimum Gasteiger partial charge on any atom is -0.344 e. The van der Waals surface area contributed by atoms with Gasteiger partial charge in [0.05, 0.1) is 0 Å². The van der Waals surface area contributed by atoms with E-state index in [4.69, 9.17) is 0 Å². The van der Waals surface area contributed by atoms with E-state index in [-0.39, 0.29) is 11.8 Å². The summed E-state index contributed by atoms with van der Waals surface area (Å²) in [5, 5.41) is 5.88. The molecule has 0 aliphatic carbocycles. The van der Waals surface area contributed by atoms with Crippen molar-refractivity contribution in [3.8, 4) is 0 Å². The molecule has 3 rings (SSSR count). The first-order chi connectivity index (χ1) is 14.2. The van der Waals surface area contributed by atoms with Gasteiger partial charge in [-0.05, 0) is 29.2 Å². The SMILES string of the molecule is CCC(=O)NC(Cc1ccccc1)C(=O)Nc1ccccc1Cc1ccccc1. The maximum Gasteiger partial charge on any atom is 0.247 e. The van der Waals surface area contributed by atoms with Gasteiger partial charge in [-0.2, -0.15) is 0 Å². The van der Waals surface area contributed by atoms with E-state index in [0.29, 0.717) is 12.8 Å². The summed E-state index contributed by atoms with van der Waals surface area (Å²) in [5.41, 5.74) is 3.98. The van der Waals surface area contributed by atoms with E-state index in [1.54, 1.807) is 6.92 Å². The number of hydrogen-bond donors (Lipinski definition) is 2. The number of carbonyl (C=O) groups excluding carboxylic acids is 2. The van der Waals surface area contributed by atoms with Crippen molar-refractivity contribution in [1.82, 2.24) is 5.32 Å². The van der Waals surface area contributed by atoms with Gasteiger partial charge in [0.15, 0.2) is 0 Å². The lowest BCUT2D eigenvalue weighted by atomic mass is 10.0. The third-order valence-corrected chi connectivity index (χ3v) is 4.77. The summed E-state index contributed by atoms with van der Waals surface area (Å²) in [6, 6.07) is 27.0. The Morgan fingerprint density at radius 2 is 1.38 bits per heavy atom. The van der Waals surface area contributed by atoms with Crippen molar-refractivity contribution in [2.75, 3.05) is 5.32 Å². The van der Waals surface area contributed by atoms with Gasteiger partial charge >= 0.3 is 0 Å². The highest BCUT2D eigenvalue weighted by Gasteiger charge is 2.21. The van der Waals surface area contributed by atoms with Crippen molar-refractivity contribution >= 4 is 17.5 Å². The largest absolute Gasteiger partial charge is 0.344 e. The van der Waals surface area contributed by atoms with Crippen molar-refractivity contribution in [2.45, 2.75) is 32.2 Å². The molecule has 0 spiro atoms. The van der Waals surface area contributed by atoms with Crippen LogP contribution in [0.3, 0.4) is 0 Å². The fourth-order valence-corrected chi connectivity index (χ4v) is 3.19. The van der Waals surface area contributed by atoms with E-state index < -0.39 is 6.04 Å². The Hall–Kier alpha value is -3.40. The Morgan fingerprint density at radius 1 is 0.793 bits per heavy atom. The van der Waals surface area contributed by atoms with E-state index >= 15 is 0 Å². The zero-order valence-corrected chi connectivity index (χ0v) is 16.6. The molecular weight excluding hydrogens is 360 g/mol. The highest BCUT2D eigenvalue weighted by molar-refractivity contribution is 5.98. The second-order valence-electron chi connectivity index (χ2n) is 6.97. The van der Waals surface area contributed by atoms with Crippen molar-refractivity contribution in [2.24, 2.45) is 0 Å². The molecule has 3 aromatic rings. The van der Waals surface area contributed by atoms with Crippen molar-refractivity contribution in [1.29, 1.82) is 0 Å². The third kappa shape index (κ3) is 6.04. The topological polar surface area (TPSA) is 58.2 Å². The van der Waals surface area contributed by atoms with Gasteiger partial charge in [-0.25, -0.2) is 0 Å². The number of benzene rings is 3. The van der Waals surface area contributed by atoms with Gasteiger partial charge in [0.1, 0.15) is 6.04 Å². The van der Waals surface area contributed by atoms with Crippen LogP contribution in [-0.2, 0) is 22.4 Å². The van der Waals surface area contributed by atoms with Gasteiger partial charge in [0.2, 0.25) is 11.8 Å². The smallest absolute Gasteiger partial charge is 0.247 e. The van der Waals surface area contributed by atoms with Crippen LogP contribution in [0.2, 0.25) is 0 Å². The van der Waals surface area contributed by atoms with Crippen LogP contribution in [-0.4, -0.2) is 17.9 Å². The molecule has 29 heavy (non-hydrogen) atoms. The predicted molar refractivity (Wildman–Crippen MR) is 117 cm³/mol. The number of hydrogen-bond acceptors (Lipinski definition) is 2. The zero-order valence-electron chi connectivity index (χ0n) is 16.6. The number of rotatable bonds is 8. The summed E-state index contributed by atoms with van der Waals surface area (Å²) in [4.78, 5) is 25.0. The minimum atomic E-state index is -0.630. The fraction of sp³-hybridized carbons (Fsp3) is 0.200. The van der Waals surface area contributed by atoms with Crippen molar-refractivity contribution in [3.05, 3.63) is 102 Å². The number of nitrogens with one attached hydrogen (secondary N) is 2. The van der Waals surface area contributed by atoms with Crippen molar-refractivity contribution in [3.63, 3.8) is 0 Å². The Bertz CT molecular complexity index is 939. The molecule has 148 valence electrons. The van der Waals surface area contributed by atoms with Crippen LogP contribution in [0, 0.1) is 0 Å². The van der Waals surface area contributed by atoms with Crippen LogP contribution >= 0.6 is 0 Å². The molecule has 1 unspecified atom stereocenters. The second kappa shape index (κ2) is 10.2. The first-order valence-electron chi connectivity index (χ1n) is 9.91. The zero-order chi connectivity index (χ0) is 20.5. The summed E-state index contributed by atoms with van der Waals surface area (Å²) in [7, 11) is 0. The summed E-state index contributed by atoms with van der Waals surface area (Å²) in [6.45, 7) is 1.78. The minimum absolute atomic E-state index is 0.140. The summed E-state index contributed by atoms with van der Waals surface area (Å²) >= 11 is 0. The quantitative estimate of drug-likeness (QED) is 0.605. The highest BCUT2D eigenvalue weighted by atomic mass is 16.2. The van der Waals surface area contributed by atoms with Gasteiger partial charge in [-0.3, -0.25) is 9.59 Å². The van der Waals surface area contributed by atoms with Gasteiger partial charge in [-0.15, -0.1) is 0 Å². The standard InChI is InChI=1S/C25H26N2O2/c1-2-24(28)26-23(18-20-13-7-4-8-14-20)25(29)27-22-16-10-9-15-21(22)17-19-11-5-3-6-12-19/h3-16,23H,2,17-18H2,1H3,(H,26,28)(H,27,29). The van der Waals surface area contributed by atoms with Crippen LogP contribution in [0.15, 0.2) is 84.9 Å². The Balaban J connectivity index is 1.77. The van der Waals surface area contributed by atoms with E-state index in [9.17, 15) is 9.59 Å². The van der Waals surface area contributed by atoms with Crippen LogP contribution in [0.25, 0.3) is 0 Å². The molecular formula is C25H26N2O2. The predicted octanol–water partition coefficient (Wildman–Crippen LogP) is 4.35. The Kier molecular flexibility index (Phi) is 7.17. The molecule has 0 heterocycles. The lowest BCUT2D eigenvalue weighted by Gasteiger charge is -2.20. The maximum atomic E-state index is 13.0. The molecule has 0 aliphatic rings. The Morgan fingerprint density at radius 3 is 2.03 bits per heavy atom. The molecule has 0 bridgehead atoms. The molecule has 0 fully saturated rings. The molecule has 0 radical (unpaired) electrons. The molecule has 1 atom stereocenters. The molecule has 0 saturated heterocycles. The molecule has 0 aromatic heterocycles. The van der Waals surface area contributed by atoms with Crippen LogP contribution < -0.4 is 10.6 Å². The molecule has 4 heteroatoms. The summed E-state index contributed by atoms with van der Waals surface area (Å²) in [5.74, 6) is -0.352. The monoisotopic (exact) mass is 386 g/mol. The number of para-hydroxylation sites is 1. The lowest BCUT2D eigenvalue weighted by molar-refractivity contribution is -0.126. The molecule has 2 N–H and O–H groups in total. The van der Waals surface area contributed by atoms with E-state index in [2.05, 4.69) is 22.8 Å². The average Bonchev–Trinajstić information content (AvgIpc) is 2.76. The number of amides is 2. The van der Waals surface area contributed by atoms with Gasteiger partial charge in [-0.1, -0.05) is 85.8 Å². The fourth-order valence-electron chi connectivity index (χ4n) is 3.19. The molecule has 0 saturated carbocycles. The number of carbonyl (C=O) groups is 2. The summed E-state index contributed by atoms with van der Waals surface area (Å²) in [6.07, 6.45) is 1.50. The van der Waals surface area contributed by atoms with E-state index in [0.717, 1.165) is 23.2 Å². The molecule has 3 aromatic carbocycles. The molecule has 0 aliphatic heterocycles.